The molecular weight excluding hydrogens is 284 g/mol. The minimum atomic E-state index is -3.67. The molecule has 1 aromatic rings. The third-order valence-electron chi connectivity index (χ3n) is 2.98. The van der Waals surface area contributed by atoms with Crippen molar-refractivity contribution in [3.05, 3.63) is 35.9 Å². The van der Waals surface area contributed by atoms with Crippen LogP contribution in [-0.4, -0.2) is 44.0 Å². The lowest BCUT2D eigenvalue weighted by Crippen LogP contribution is -2.31. The van der Waals surface area contributed by atoms with E-state index in [1.807, 2.05) is 0 Å². The molecule has 0 fully saturated rings. The zero-order chi connectivity index (χ0) is 14.8. The van der Waals surface area contributed by atoms with Crippen molar-refractivity contribution in [1.29, 1.82) is 0 Å². The molecule has 0 unspecified atom stereocenters. The number of carbonyl (C=O) groups excluding carboxylic acids is 1. The maximum absolute atomic E-state index is 12.3. The molecular formula is C12H14N2O5S. The van der Waals surface area contributed by atoms with Crippen LogP contribution in [0.3, 0.4) is 0 Å². The van der Waals surface area contributed by atoms with Crippen molar-refractivity contribution >= 4 is 15.9 Å². The Hall–Kier alpha value is -1.90. The summed E-state index contributed by atoms with van der Waals surface area (Å²) in [7, 11) is -2.18. The topological polar surface area (TPSA) is 95.9 Å². The van der Waals surface area contributed by atoms with Gasteiger partial charge in [0.05, 0.1) is 12.0 Å². The lowest BCUT2D eigenvalue weighted by atomic mass is 10.3. The summed E-state index contributed by atoms with van der Waals surface area (Å²) in [5.41, 5.74) is 1.70. The molecule has 0 atom stereocenters. The largest absolute Gasteiger partial charge is 0.497 e. The fourth-order valence-electron chi connectivity index (χ4n) is 1.85. The van der Waals surface area contributed by atoms with Crippen molar-refractivity contribution in [2.75, 3.05) is 20.2 Å². The van der Waals surface area contributed by atoms with E-state index >= 15 is 0 Å². The van der Waals surface area contributed by atoms with Gasteiger partial charge in [-0.1, -0.05) is 6.08 Å². The molecule has 0 saturated heterocycles. The number of ether oxygens (including phenoxy) is 1. The maximum Gasteiger partial charge on any atom is 0.271 e. The van der Waals surface area contributed by atoms with Gasteiger partial charge in [0.1, 0.15) is 5.75 Å². The van der Waals surface area contributed by atoms with Gasteiger partial charge in [0.2, 0.25) is 10.0 Å². The van der Waals surface area contributed by atoms with E-state index in [-0.39, 0.29) is 23.6 Å². The molecule has 8 heteroatoms. The zero-order valence-corrected chi connectivity index (χ0v) is 11.6. The van der Waals surface area contributed by atoms with Crippen LogP contribution < -0.4 is 10.2 Å². The molecule has 7 nitrogen and oxygen atoms in total. The molecule has 20 heavy (non-hydrogen) atoms. The van der Waals surface area contributed by atoms with Crippen LogP contribution in [0.1, 0.15) is 0 Å². The monoisotopic (exact) mass is 298 g/mol. The first-order valence-electron chi connectivity index (χ1n) is 5.76. The lowest BCUT2D eigenvalue weighted by molar-refractivity contribution is -0.125. The molecule has 1 heterocycles. The first-order chi connectivity index (χ1) is 9.48. The third kappa shape index (κ3) is 2.67. The predicted molar refractivity (Wildman–Crippen MR) is 69.8 cm³/mol. The molecule has 1 aromatic carbocycles. The highest BCUT2D eigenvalue weighted by molar-refractivity contribution is 7.89. The number of methoxy groups -OCH3 is 1. The molecule has 0 saturated carbocycles. The van der Waals surface area contributed by atoms with Crippen LogP contribution in [0, 0.1) is 0 Å². The second kappa shape index (κ2) is 5.61. The van der Waals surface area contributed by atoms with Crippen molar-refractivity contribution in [1.82, 2.24) is 9.79 Å². The molecule has 0 aromatic heterocycles. The Morgan fingerprint density at radius 3 is 2.55 bits per heavy atom. The fraction of sp³-hybridized carbons (Fsp3) is 0.250. The van der Waals surface area contributed by atoms with E-state index < -0.39 is 15.9 Å². The average Bonchev–Trinajstić information content (AvgIpc) is 2.97. The van der Waals surface area contributed by atoms with Crippen molar-refractivity contribution in [3.8, 4) is 5.75 Å². The Balaban J connectivity index is 2.18. The zero-order valence-electron chi connectivity index (χ0n) is 10.7. The van der Waals surface area contributed by atoms with Gasteiger partial charge in [-0.25, -0.2) is 13.9 Å². The van der Waals surface area contributed by atoms with E-state index in [9.17, 15) is 13.2 Å². The predicted octanol–water partition coefficient (Wildman–Crippen LogP) is 0.131. The highest BCUT2D eigenvalue weighted by atomic mass is 32.2. The number of hydroxylamine groups is 1. The van der Waals surface area contributed by atoms with Crippen molar-refractivity contribution in [3.63, 3.8) is 0 Å². The van der Waals surface area contributed by atoms with Gasteiger partial charge in [-0.05, 0) is 24.3 Å². The minimum Gasteiger partial charge on any atom is -0.497 e. The Bertz CT molecular complexity index is 636. The van der Waals surface area contributed by atoms with Crippen molar-refractivity contribution in [2.24, 2.45) is 0 Å². The second-order valence-electron chi connectivity index (χ2n) is 4.14. The quantitative estimate of drug-likeness (QED) is 0.608. The van der Waals surface area contributed by atoms with Gasteiger partial charge in [-0.3, -0.25) is 10.0 Å². The van der Waals surface area contributed by atoms with E-state index in [1.165, 1.54) is 30.8 Å². The average molecular weight is 298 g/mol. The fourth-order valence-corrected chi connectivity index (χ4v) is 3.21. The number of hydrogen-bond donors (Lipinski definition) is 2. The van der Waals surface area contributed by atoms with Gasteiger partial charge in [0.25, 0.3) is 5.91 Å². The summed E-state index contributed by atoms with van der Waals surface area (Å²) in [6.45, 7) is 0.0257. The number of carbonyl (C=O) groups is 1. The lowest BCUT2D eigenvalue weighted by Gasteiger charge is -2.16. The Morgan fingerprint density at radius 2 is 2.00 bits per heavy atom. The van der Waals surface area contributed by atoms with Crippen molar-refractivity contribution in [2.45, 2.75) is 4.90 Å². The molecule has 0 radical (unpaired) electrons. The van der Waals surface area contributed by atoms with Gasteiger partial charge in [0.15, 0.2) is 0 Å². The van der Waals surface area contributed by atoms with Crippen LogP contribution >= 0.6 is 0 Å². The summed E-state index contributed by atoms with van der Waals surface area (Å²) in [4.78, 5) is 11.4. The molecule has 1 aliphatic rings. The van der Waals surface area contributed by atoms with Crippen LogP contribution in [0.15, 0.2) is 40.8 Å². The van der Waals surface area contributed by atoms with Crippen molar-refractivity contribution < 1.29 is 23.2 Å². The maximum atomic E-state index is 12.3. The van der Waals surface area contributed by atoms with Gasteiger partial charge in [-0.15, -0.1) is 0 Å². The van der Waals surface area contributed by atoms with Gasteiger partial charge in [-0.2, -0.15) is 4.31 Å². The summed E-state index contributed by atoms with van der Waals surface area (Å²) in [5, 5.41) is 8.54. The number of nitrogens with zero attached hydrogens (tertiary/aromatic N) is 1. The Labute approximate surface area is 116 Å². The Morgan fingerprint density at radius 1 is 1.35 bits per heavy atom. The van der Waals surface area contributed by atoms with E-state index in [1.54, 1.807) is 12.1 Å². The first kappa shape index (κ1) is 14.5. The van der Waals surface area contributed by atoms with E-state index in [0.29, 0.717) is 5.75 Å². The van der Waals surface area contributed by atoms with E-state index in [0.717, 1.165) is 4.31 Å². The van der Waals surface area contributed by atoms with E-state index in [4.69, 9.17) is 9.94 Å². The van der Waals surface area contributed by atoms with Crippen LogP contribution in [0.25, 0.3) is 0 Å². The van der Waals surface area contributed by atoms with Gasteiger partial charge in [0, 0.05) is 18.7 Å². The molecule has 0 spiro atoms. The number of hydrogen-bond acceptors (Lipinski definition) is 5. The summed E-state index contributed by atoms with van der Waals surface area (Å²) in [6.07, 6.45) is 1.46. The summed E-state index contributed by atoms with van der Waals surface area (Å²) < 4.78 is 30.8. The molecule has 1 aliphatic heterocycles. The minimum absolute atomic E-state index is 0.0687. The number of sulfonamides is 1. The third-order valence-corrected chi connectivity index (χ3v) is 4.80. The van der Waals surface area contributed by atoms with Gasteiger partial charge < -0.3 is 4.74 Å². The smallest absolute Gasteiger partial charge is 0.271 e. The second-order valence-corrected chi connectivity index (χ2v) is 6.08. The molecule has 2 N–H and O–H groups in total. The molecule has 0 aliphatic carbocycles. The molecule has 1 amide bonds. The van der Waals surface area contributed by atoms with E-state index in [2.05, 4.69) is 0 Å². The number of benzene rings is 1. The summed E-state index contributed by atoms with van der Waals surface area (Å²) in [6, 6.07) is 5.99. The Kier molecular flexibility index (Phi) is 4.07. The molecule has 2 rings (SSSR count). The molecule has 0 bridgehead atoms. The highest BCUT2D eigenvalue weighted by Crippen LogP contribution is 2.22. The van der Waals surface area contributed by atoms with Crippen LogP contribution in [0.2, 0.25) is 0 Å². The SMILES string of the molecule is COc1ccc(S(=O)(=O)N2CC=C(C(=O)NO)C2)cc1. The number of rotatable bonds is 4. The number of amides is 1. The van der Waals surface area contributed by atoms with Crippen LogP contribution in [0.4, 0.5) is 0 Å². The number of nitrogens with one attached hydrogen (secondary N) is 1. The van der Waals surface area contributed by atoms with Crippen LogP contribution in [0.5, 0.6) is 5.75 Å². The highest BCUT2D eigenvalue weighted by Gasteiger charge is 2.30. The first-order valence-corrected chi connectivity index (χ1v) is 7.20. The summed E-state index contributed by atoms with van der Waals surface area (Å²) in [5.74, 6) is -0.138. The standard InChI is InChI=1S/C12H14N2O5S/c1-19-10-2-4-11(5-3-10)20(17,18)14-7-6-9(8-14)12(15)13-16/h2-6,16H,7-8H2,1H3,(H,13,15). The van der Waals surface area contributed by atoms with Gasteiger partial charge >= 0.3 is 0 Å². The van der Waals surface area contributed by atoms with Crippen LogP contribution in [-0.2, 0) is 14.8 Å². The summed E-state index contributed by atoms with van der Waals surface area (Å²) >= 11 is 0. The molecule has 108 valence electrons. The normalized spacial score (nSPS) is 15.8.